The lowest BCUT2D eigenvalue weighted by molar-refractivity contribution is 0.669. The van der Waals surface area contributed by atoms with Crippen LogP contribution in [0.1, 0.15) is 17.7 Å². The van der Waals surface area contributed by atoms with Gasteiger partial charge in [-0.25, -0.2) is 0 Å². The number of furan rings is 1. The Labute approximate surface area is 296 Å². The van der Waals surface area contributed by atoms with Gasteiger partial charge in [0.2, 0.25) is 0 Å². The van der Waals surface area contributed by atoms with Crippen molar-refractivity contribution in [3.8, 4) is 27.9 Å². The second kappa shape index (κ2) is 12.1. The molecule has 10 rings (SSSR count). The number of hydrogen-bond donors (Lipinski definition) is 0. The van der Waals surface area contributed by atoms with Gasteiger partial charge in [-0.15, -0.1) is 0 Å². The SMILES string of the molecule is C1=Cc2c(n(-c3ccc(-c4ccc(N(c5ccc(-c6ccccc6)cc5)c5ccc6c(c5)oc5ccccc56)cc4)cc3)c3ccccc23)CC1. The first-order chi connectivity index (χ1) is 25.3. The van der Waals surface area contributed by atoms with Crippen molar-refractivity contribution in [3.63, 3.8) is 0 Å². The van der Waals surface area contributed by atoms with E-state index in [4.69, 9.17) is 4.42 Å². The van der Waals surface area contributed by atoms with Crippen LogP contribution in [0.15, 0.2) is 180 Å². The van der Waals surface area contributed by atoms with Crippen LogP contribution in [0.25, 0.3) is 66.9 Å². The molecule has 0 bridgehead atoms. The molecule has 0 radical (unpaired) electrons. The molecule has 0 spiro atoms. The zero-order chi connectivity index (χ0) is 33.7. The smallest absolute Gasteiger partial charge is 0.137 e. The predicted octanol–water partition coefficient (Wildman–Crippen LogP) is 13.3. The van der Waals surface area contributed by atoms with E-state index in [0.29, 0.717) is 0 Å². The monoisotopic (exact) mass is 654 g/mol. The first-order valence-corrected chi connectivity index (χ1v) is 17.7. The summed E-state index contributed by atoms with van der Waals surface area (Å²) in [7, 11) is 0. The fraction of sp³-hybridized carbons (Fsp3) is 0.0417. The molecule has 0 saturated heterocycles. The van der Waals surface area contributed by atoms with E-state index in [1.54, 1.807) is 0 Å². The van der Waals surface area contributed by atoms with Gasteiger partial charge in [-0.1, -0.05) is 115 Å². The quantitative estimate of drug-likeness (QED) is 0.178. The average Bonchev–Trinajstić information content (AvgIpc) is 3.74. The van der Waals surface area contributed by atoms with Crippen LogP contribution in [0, 0.1) is 0 Å². The third-order valence-corrected chi connectivity index (χ3v) is 10.3. The standard InChI is InChI=1S/C48H34N2O/c1-2-10-33(11-3-1)34-18-24-37(25-19-34)49(40-30-31-44-43-14-6-9-17-47(43)51-48(44)32-40)38-26-20-35(21-27-38)36-22-28-39(29-23-36)50-45-15-7-4-12-41(45)42-13-5-8-16-46(42)50/h1-7,9-15,17-32H,8,16H2. The van der Waals surface area contributed by atoms with Gasteiger partial charge in [0.05, 0.1) is 5.52 Å². The van der Waals surface area contributed by atoms with Crippen molar-refractivity contribution < 1.29 is 4.42 Å². The number of para-hydroxylation sites is 2. The van der Waals surface area contributed by atoms with E-state index in [2.05, 4.69) is 179 Å². The topological polar surface area (TPSA) is 21.3 Å². The van der Waals surface area contributed by atoms with Crippen molar-refractivity contribution in [2.45, 2.75) is 12.8 Å². The third kappa shape index (κ3) is 5.05. The van der Waals surface area contributed by atoms with Crippen molar-refractivity contribution >= 4 is 56.0 Å². The normalized spacial score (nSPS) is 12.5. The van der Waals surface area contributed by atoms with Crippen LogP contribution in [-0.2, 0) is 6.42 Å². The molecular formula is C48H34N2O. The van der Waals surface area contributed by atoms with Gasteiger partial charge in [0.1, 0.15) is 11.2 Å². The van der Waals surface area contributed by atoms with Crippen LogP contribution < -0.4 is 4.90 Å². The summed E-state index contributed by atoms with van der Waals surface area (Å²) in [4.78, 5) is 2.31. The second-order valence-corrected chi connectivity index (χ2v) is 13.3. The summed E-state index contributed by atoms with van der Waals surface area (Å²) < 4.78 is 8.77. The number of benzene rings is 7. The van der Waals surface area contributed by atoms with Gasteiger partial charge in [0, 0.05) is 56.2 Å². The lowest BCUT2D eigenvalue weighted by Gasteiger charge is -2.26. The summed E-state index contributed by atoms with van der Waals surface area (Å²) in [5.74, 6) is 0. The molecule has 2 heterocycles. The molecule has 1 aliphatic carbocycles. The Balaban J connectivity index is 1.02. The Morgan fingerprint density at radius 1 is 0.471 bits per heavy atom. The van der Waals surface area contributed by atoms with E-state index >= 15 is 0 Å². The third-order valence-electron chi connectivity index (χ3n) is 10.3. The minimum absolute atomic E-state index is 0.879. The maximum Gasteiger partial charge on any atom is 0.137 e. The maximum atomic E-state index is 6.33. The summed E-state index contributed by atoms with van der Waals surface area (Å²) in [6.45, 7) is 0. The van der Waals surface area contributed by atoms with Gasteiger partial charge in [0.25, 0.3) is 0 Å². The number of aromatic nitrogens is 1. The lowest BCUT2D eigenvalue weighted by atomic mass is 10.0. The molecule has 0 fully saturated rings. The molecule has 0 amide bonds. The molecule has 1 aliphatic rings. The van der Waals surface area contributed by atoms with Crippen molar-refractivity contribution in [1.82, 2.24) is 4.57 Å². The van der Waals surface area contributed by atoms with Crippen molar-refractivity contribution in [2.24, 2.45) is 0 Å². The van der Waals surface area contributed by atoms with Crippen LogP contribution in [-0.4, -0.2) is 4.57 Å². The van der Waals surface area contributed by atoms with Gasteiger partial charge < -0.3 is 13.9 Å². The zero-order valence-corrected chi connectivity index (χ0v) is 28.0. The second-order valence-electron chi connectivity index (χ2n) is 13.3. The van der Waals surface area contributed by atoms with Gasteiger partial charge in [-0.3, -0.25) is 0 Å². The van der Waals surface area contributed by atoms with Gasteiger partial charge in [-0.05, 0) is 95.8 Å². The maximum absolute atomic E-state index is 6.33. The highest BCUT2D eigenvalue weighted by Crippen LogP contribution is 2.40. The number of rotatable bonds is 6. The van der Waals surface area contributed by atoms with Crippen LogP contribution in [0.5, 0.6) is 0 Å². The molecule has 9 aromatic rings. The van der Waals surface area contributed by atoms with Gasteiger partial charge >= 0.3 is 0 Å². The molecule has 242 valence electrons. The minimum atomic E-state index is 0.879. The fourth-order valence-corrected chi connectivity index (χ4v) is 7.81. The Hall–Kier alpha value is -6.58. The summed E-state index contributed by atoms with van der Waals surface area (Å²) in [6, 6.07) is 60.8. The summed E-state index contributed by atoms with van der Waals surface area (Å²) in [5, 5.41) is 3.58. The van der Waals surface area contributed by atoms with E-state index in [0.717, 1.165) is 51.8 Å². The van der Waals surface area contributed by atoms with Crippen LogP contribution in [0.3, 0.4) is 0 Å². The van der Waals surface area contributed by atoms with Crippen LogP contribution in [0.4, 0.5) is 17.1 Å². The van der Waals surface area contributed by atoms with Crippen molar-refractivity contribution in [1.29, 1.82) is 0 Å². The number of fused-ring (bicyclic) bond motifs is 6. The highest BCUT2D eigenvalue weighted by Gasteiger charge is 2.19. The number of allylic oxidation sites excluding steroid dienone is 1. The van der Waals surface area contributed by atoms with Crippen LogP contribution in [0.2, 0.25) is 0 Å². The summed E-state index contributed by atoms with van der Waals surface area (Å²) in [6.07, 6.45) is 6.72. The van der Waals surface area contributed by atoms with E-state index in [1.807, 2.05) is 12.1 Å². The van der Waals surface area contributed by atoms with Gasteiger partial charge in [-0.2, -0.15) is 0 Å². The Kier molecular flexibility index (Phi) is 6.95. The molecule has 2 aromatic heterocycles. The predicted molar refractivity (Wildman–Crippen MR) is 213 cm³/mol. The van der Waals surface area contributed by atoms with E-state index in [-0.39, 0.29) is 0 Å². The number of anilines is 3. The number of hydrogen-bond acceptors (Lipinski definition) is 2. The zero-order valence-electron chi connectivity index (χ0n) is 28.0. The molecule has 51 heavy (non-hydrogen) atoms. The number of nitrogens with zero attached hydrogens (tertiary/aromatic N) is 2. The highest BCUT2D eigenvalue weighted by molar-refractivity contribution is 6.06. The minimum Gasteiger partial charge on any atom is -0.456 e. The van der Waals surface area contributed by atoms with E-state index in [9.17, 15) is 0 Å². The molecule has 0 saturated carbocycles. The van der Waals surface area contributed by atoms with E-state index in [1.165, 1.54) is 50.1 Å². The molecule has 7 aromatic carbocycles. The molecular weight excluding hydrogens is 621 g/mol. The fourth-order valence-electron chi connectivity index (χ4n) is 7.81. The molecule has 3 nitrogen and oxygen atoms in total. The Morgan fingerprint density at radius 2 is 1.04 bits per heavy atom. The largest absolute Gasteiger partial charge is 0.456 e. The van der Waals surface area contributed by atoms with Crippen molar-refractivity contribution in [2.75, 3.05) is 4.90 Å². The molecule has 3 heteroatoms. The first kappa shape index (κ1) is 29.3. The summed E-state index contributed by atoms with van der Waals surface area (Å²) in [5.41, 5.74) is 15.0. The lowest BCUT2D eigenvalue weighted by Crippen LogP contribution is -2.09. The average molecular weight is 655 g/mol. The first-order valence-electron chi connectivity index (χ1n) is 17.7. The van der Waals surface area contributed by atoms with E-state index < -0.39 is 0 Å². The van der Waals surface area contributed by atoms with Gasteiger partial charge in [0.15, 0.2) is 0 Å². The Bertz CT molecular complexity index is 2710. The highest BCUT2D eigenvalue weighted by atomic mass is 16.3. The van der Waals surface area contributed by atoms with Crippen LogP contribution >= 0.6 is 0 Å². The molecule has 0 atom stereocenters. The Morgan fingerprint density at radius 3 is 1.76 bits per heavy atom. The molecule has 0 unspecified atom stereocenters. The molecule has 0 N–H and O–H groups in total. The molecule has 0 aliphatic heterocycles. The van der Waals surface area contributed by atoms with Crippen molar-refractivity contribution in [3.05, 3.63) is 187 Å². The summed E-state index contributed by atoms with van der Waals surface area (Å²) >= 11 is 0.